The van der Waals surface area contributed by atoms with E-state index < -0.39 is 0 Å². The molecule has 2 aromatic carbocycles. The number of ether oxygens (including phenoxy) is 1. The minimum Gasteiger partial charge on any atom is -0.457 e. The van der Waals surface area contributed by atoms with Crippen molar-refractivity contribution in [2.75, 3.05) is 19.3 Å². The van der Waals surface area contributed by atoms with Gasteiger partial charge in [-0.25, -0.2) is 9.97 Å². The van der Waals surface area contributed by atoms with Crippen LogP contribution < -0.4 is 15.8 Å². The Morgan fingerprint density at radius 3 is 2.38 bits per heavy atom. The number of rotatable bonds is 6. The quantitative estimate of drug-likeness (QED) is 0.296. The number of nitrogens with one attached hydrogen (secondary N) is 1. The lowest BCUT2D eigenvalue weighted by Crippen LogP contribution is -2.44. The third-order valence-corrected chi connectivity index (χ3v) is 9.60. The molecule has 40 heavy (non-hydrogen) atoms. The molecular weight excluding hydrogens is 496 g/mol. The van der Waals surface area contributed by atoms with Gasteiger partial charge in [0.2, 0.25) is 0 Å². The Labute approximate surface area is 236 Å². The van der Waals surface area contributed by atoms with Gasteiger partial charge in [0.1, 0.15) is 29.3 Å². The number of nitrogens with two attached hydrogens (primary N) is 1. The van der Waals surface area contributed by atoms with Crippen molar-refractivity contribution in [3.05, 3.63) is 67.1 Å². The first kappa shape index (κ1) is 25.5. The van der Waals surface area contributed by atoms with E-state index in [9.17, 15) is 0 Å². The Balaban J connectivity index is 1.06. The van der Waals surface area contributed by atoms with E-state index in [0.29, 0.717) is 23.9 Å². The van der Waals surface area contributed by atoms with Crippen LogP contribution in [0.2, 0.25) is 0 Å². The predicted octanol–water partition coefficient (Wildman–Crippen LogP) is 6.42. The first-order valence-electron chi connectivity index (χ1n) is 15.0. The molecule has 7 heteroatoms. The molecule has 3 unspecified atom stereocenters. The molecule has 208 valence electrons. The van der Waals surface area contributed by atoms with Gasteiger partial charge in [-0.2, -0.15) is 0 Å². The first-order chi connectivity index (χ1) is 19.6. The van der Waals surface area contributed by atoms with Gasteiger partial charge in [-0.15, -0.1) is 0 Å². The topological polar surface area (TPSA) is 81.2 Å². The number of anilines is 1. The summed E-state index contributed by atoms with van der Waals surface area (Å²) in [6.45, 7) is 1.30. The lowest BCUT2D eigenvalue weighted by molar-refractivity contribution is 0.220. The number of likely N-dealkylation sites (tertiary alicyclic amines) is 1. The van der Waals surface area contributed by atoms with E-state index in [0.717, 1.165) is 58.5 Å². The van der Waals surface area contributed by atoms with Gasteiger partial charge in [0.05, 0.1) is 5.39 Å². The highest BCUT2D eigenvalue weighted by molar-refractivity contribution is 6.00. The third-order valence-electron chi connectivity index (χ3n) is 9.60. The highest BCUT2D eigenvalue weighted by atomic mass is 16.5. The summed E-state index contributed by atoms with van der Waals surface area (Å²) < 4.78 is 8.38. The molecule has 3 aliphatic rings. The average Bonchev–Trinajstić information content (AvgIpc) is 3.47. The Hall–Kier alpha value is -3.42. The zero-order valence-corrected chi connectivity index (χ0v) is 23.4. The van der Waals surface area contributed by atoms with E-state index >= 15 is 0 Å². The van der Waals surface area contributed by atoms with E-state index in [1.165, 1.54) is 45.1 Å². The second-order valence-corrected chi connectivity index (χ2v) is 12.2. The zero-order chi connectivity index (χ0) is 27.1. The molecule has 2 aliphatic carbocycles. The summed E-state index contributed by atoms with van der Waals surface area (Å²) in [7, 11) is 2.32. The van der Waals surface area contributed by atoms with E-state index in [-0.39, 0.29) is 0 Å². The standard InChI is InChI=1S/C33H40N6O/c1-38-19-22-7-10-25(18-27(38)17-22)37-24-11-13-26(14-12-24)39-20-30(31-32(34)35-21-36-33(31)39)23-8-15-29(16-9-23)40-28-5-3-2-4-6-28/h2-6,8-9,15-16,20-22,24-27,37H,7,10-14,17-19H2,1H3,(H2,34,35,36). The highest BCUT2D eigenvalue weighted by Gasteiger charge is 2.35. The maximum Gasteiger partial charge on any atom is 0.146 e. The fourth-order valence-corrected chi connectivity index (χ4v) is 7.50. The van der Waals surface area contributed by atoms with Crippen LogP contribution in [0.25, 0.3) is 22.2 Å². The summed E-state index contributed by atoms with van der Waals surface area (Å²) in [5.41, 5.74) is 9.55. The molecule has 3 heterocycles. The molecule has 2 saturated carbocycles. The Morgan fingerprint density at radius 2 is 1.57 bits per heavy atom. The number of nitrogens with zero attached hydrogens (tertiary/aromatic N) is 4. The lowest BCUT2D eigenvalue weighted by atomic mass is 9.89. The lowest BCUT2D eigenvalue weighted by Gasteiger charge is -2.34. The van der Waals surface area contributed by atoms with E-state index in [4.69, 9.17) is 15.5 Å². The second-order valence-electron chi connectivity index (χ2n) is 12.2. The third kappa shape index (κ3) is 5.08. The fourth-order valence-electron chi connectivity index (χ4n) is 7.50. The van der Waals surface area contributed by atoms with Crippen LogP contribution in [0.5, 0.6) is 11.5 Å². The molecule has 7 nitrogen and oxygen atoms in total. The van der Waals surface area contributed by atoms with Crippen LogP contribution in [0, 0.1) is 5.92 Å². The molecule has 3 N–H and O–H groups in total. The maximum absolute atomic E-state index is 6.44. The number of nitrogen functional groups attached to an aromatic ring is 1. The van der Waals surface area contributed by atoms with Crippen molar-refractivity contribution < 1.29 is 4.74 Å². The van der Waals surface area contributed by atoms with Gasteiger partial charge in [-0.3, -0.25) is 0 Å². The molecule has 7 rings (SSSR count). The summed E-state index contributed by atoms with van der Waals surface area (Å²) in [4.78, 5) is 11.7. The molecule has 3 fully saturated rings. The summed E-state index contributed by atoms with van der Waals surface area (Å²) in [5, 5.41) is 5.02. The van der Waals surface area contributed by atoms with Gasteiger partial charge < -0.3 is 25.3 Å². The number of hydrogen-bond acceptors (Lipinski definition) is 6. The largest absolute Gasteiger partial charge is 0.457 e. The van der Waals surface area contributed by atoms with Crippen molar-refractivity contribution in [1.82, 2.24) is 24.8 Å². The van der Waals surface area contributed by atoms with Crippen LogP contribution >= 0.6 is 0 Å². The number of para-hydroxylation sites is 1. The molecule has 3 atom stereocenters. The summed E-state index contributed by atoms with van der Waals surface area (Å²) in [6.07, 6.45) is 14.0. The maximum atomic E-state index is 6.44. The smallest absolute Gasteiger partial charge is 0.146 e. The van der Waals surface area contributed by atoms with Gasteiger partial charge in [-0.1, -0.05) is 30.3 Å². The van der Waals surface area contributed by atoms with Crippen molar-refractivity contribution in [1.29, 1.82) is 0 Å². The molecule has 1 saturated heterocycles. The molecule has 0 amide bonds. The van der Waals surface area contributed by atoms with Crippen LogP contribution in [-0.4, -0.2) is 51.2 Å². The van der Waals surface area contributed by atoms with Crippen LogP contribution in [0.15, 0.2) is 67.1 Å². The molecule has 0 radical (unpaired) electrons. The van der Waals surface area contributed by atoms with Crippen molar-refractivity contribution >= 4 is 16.9 Å². The highest BCUT2D eigenvalue weighted by Crippen LogP contribution is 2.39. The zero-order valence-electron chi connectivity index (χ0n) is 23.4. The van der Waals surface area contributed by atoms with E-state index in [2.05, 4.69) is 45.1 Å². The number of hydrogen-bond donors (Lipinski definition) is 2. The molecule has 4 aromatic rings. The Morgan fingerprint density at radius 1 is 0.825 bits per heavy atom. The molecular formula is C33H40N6O. The first-order valence-corrected chi connectivity index (χ1v) is 15.0. The molecule has 1 aliphatic heterocycles. The van der Waals surface area contributed by atoms with Gasteiger partial charge in [0, 0.05) is 42.5 Å². The van der Waals surface area contributed by atoms with Crippen LogP contribution in [0.3, 0.4) is 0 Å². The number of aromatic nitrogens is 3. The van der Waals surface area contributed by atoms with Crippen LogP contribution in [0.1, 0.15) is 57.4 Å². The monoisotopic (exact) mass is 536 g/mol. The van der Waals surface area contributed by atoms with E-state index in [1.54, 1.807) is 6.33 Å². The van der Waals surface area contributed by atoms with Crippen molar-refractivity contribution in [2.45, 2.75) is 75.5 Å². The summed E-state index contributed by atoms with van der Waals surface area (Å²) in [5.74, 6) is 3.08. The number of benzene rings is 2. The minimum absolute atomic E-state index is 0.417. The predicted molar refractivity (Wildman–Crippen MR) is 160 cm³/mol. The molecule has 2 bridgehead atoms. The summed E-state index contributed by atoms with van der Waals surface area (Å²) in [6, 6.07) is 20.6. The van der Waals surface area contributed by atoms with Crippen molar-refractivity contribution in [3.8, 4) is 22.6 Å². The minimum atomic E-state index is 0.417. The molecule has 0 spiro atoms. The average molecular weight is 537 g/mol. The number of fused-ring (bicyclic) bond motifs is 3. The van der Waals surface area contributed by atoms with Crippen molar-refractivity contribution in [3.63, 3.8) is 0 Å². The Bertz CT molecular complexity index is 1440. The second kappa shape index (κ2) is 10.9. The van der Waals surface area contributed by atoms with Gasteiger partial charge in [0.25, 0.3) is 0 Å². The SMILES string of the molecule is CN1CC2CCC(NC3CCC(n4cc(-c5ccc(Oc6ccccc6)cc5)c5c(N)ncnc54)CC3)CC1C2. The van der Waals surface area contributed by atoms with Crippen LogP contribution in [0.4, 0.5) is 5.82 Å². The normalized spacial score (nSPS) is 27.1. The van der Waals surface area contributed by atoms with Gasteiger partial charge in [-0.05, 0) is 94.2 Å². The van der Waals surface area contributed by atoms with E-state index in [1.807, 2.05) is 42.5 Å². The fraction of sp³-hybridized carbons (Fsp3) is 0.455. The molecule has 2 aromatic heterocycles. The van der Waals surface area contributed by atoms with Crippen LogP contribution in [-0.2, 0) is 0 Å². The van der Waals surface area contributed by atoms with Gasteiger partial charge >= 0.3 is 0 Å². The van der Waals surface area contributed by atoms with Crippen molar-refractivity contribution in [2.24, 2.45) is 5.92 Å². The van der Waals surface area contributed by atoms with Gasteiger partial charge in [0.15, 0.2) is 0 Å². The summed E-state index contributed by atoms with van der Waals surface area (Å²) >= 11 is 0. The Kier molecular flexibility index (Phi) is 6.94.